The Balaban J connectivity index is 2.32. The van der Waals surface area contributed by atoms with Gasteiger partial charge in [0.2, 0.25) is 0 Å². The summed E-state index contributed by atoms with van der Waals surface area (Å²) < 4.78 is 2.19. The van der Waals surface area contributed by atoms with Crippen LogP contribution >= 0.6 is 0 Å². The first-order valence-corrected chi connectivity index (χ1v) is 5.24. The zero-order valence-corrected chi connectivity index (χ0v) is 9.44. The number of imidazole rings is 1. The smallest absolute Gasteiger partial charge is 0.106 e. The van der Waals surface area contributed by atoms with Crippen LogP contribution in [-0.4, -0.2) is 9.55 Å². The van der Waals surface area contributed by atoms with Crippen molar-refractivity contribution in [2.75, 3.05) is 0 Å². The van der Waals surface area contributed by atoms with Crippen molar-refractivity contribution in [1.29, 1.82) is 0 Å². The number of nitrogens with zero attached hydrogens (tertiary/aromatic N) is 2. The number of hydrogen-bond donors (Lipinski definition) is 0. The number of hydrogen-bond acceptors (Lipinski definition) is 1. The van der Waals surface area contributed by atoms with Crippen LogP contribution < -0.4 is 0 Å². The SMILES string of the molecule is Cc1ccc(C(C)n2ccnc2C)cc1. The number of aromatic nitrogens is 2. The van der Waals surface area contributed by atoms with E-state index in [0.29, 0.717) is 6.04 Å². The third-order valence-corrected chi connectivity index (χ3v) is 2.84. The molecule has 0 radical (unpaired) electrons. The molecule has 2 rings (SSSR count). The number of rotatable bonds is 2. The second kappa shape index (κ2) is 3.89. The molecule has 0 aliphatic rings. The summed E-state index contributed by atoms with van der Waals surface area (Å²) in [4.78, 5) is 4.24. The predicted octanol–water partition coefficient (Wildman–Crippen LogP) is 3.11. The molecule has 2 heteroatoms. The Kier molecular flexibility index (Phi) is 2.58. The summed E-state index contributed by atoms with van der Waals surface area (Å²) in [6.07, 6.45) is 3.87. The van der Waals surface area contributed by atoms with Gasteiger partial charge in [0.25, 0.3) is 0 Å². The van der Waals surface area contributed by atoms with Gasteiger partial charge in [0.15, 0.2) is 0 Å². The standard InChI is InChI=1S/C13H16N2/c1-10-4-6-13(7-5-10)11(2)15-9-8-14-12(15)3/h4-9,11H,1-3H3. The molecule has 1 aromatic carbocycles. The van der Waals surface area contributed by atoms with Gasteiger partial charge in [0.1, 0.15) is 5.82 Å². The third-order valence-electron chi connectivity index (χ3n) is 2.84. The average molecular weight is 200 g/mol. The van der Waals surface area contributed by atoms with Crippen LogP contribution in [0.15, 0.2) is 36.7 Å². The Morgan fingerprint density at radius 2 is 1.80 bits per heavy atom. The molecule has 1 unspecified atom stereocenters. The molecule has 0 saturated carbocycles. The van der Waals surface area contributed by atoms with E-state index in [2.05, 4.69) is 47.7 Å². The first kappa shape index (κ1) is 9.97. The molecule has 0 aliphatic heterocycles. The zero-order chi connectivity index (χ0) is 10.8. The van der Waals surface area contributed by atoms with Crippen LogP contribution in [0, 0.1) is 13.8 Å². The van der Waals surface area contributed by atoms with Gasteiger partial charge in [-0.25, -0.2) is 4.98 Å². The van der Waals surface area contributed by atoms with Crippen molar-refractivity contribution >= 4 is 0 Å². The maximum atomic E-state index is 4.24. The molecule has 0 amide bonds. The molecule has 0 spiro atoms. The molecular formula is C13H16N2. The highest BCUT2D eigenvalue weighted by Crippen LogP contribution is 2.19. The number of aryl methyl sites for hydroxylation is 2. The lowest BCUT2D eigenvalue weighted by atomic mass is 10.1. The van der Waals surface area contributed by atoms with E-state index in [1.165, 1.54) is 11.1 Å². The van der Waals surface area contributed by atoms with Crippen LogP contribution in [0.3, 0.4) is 0 Å². The molecule has 0 saturated heterocycles. The minimum absolute atomic E-state index is 0.355. The highest BCUT2D eigenvalue weighted by Gasteiger charge is 2.08. The van der Waals surface area contributed by atoms with Gasteiger partial charge in [-0.1, -0.05) is 29.8 Å². The molecule has 1 heterocycles. The van der Waals surface area contributed by atoms with Crippen molar-refractivity contribution in [1.82, 2.24) is 9.55 Å². The summed E-state index contributed by atoms with van der Waals surface area (Å²) in [5.41, 5.74) is 2.62. The van der Waals surface area contributed by atoms with Gasteiger partial charge in [-0.2, -0.15) is 0 Å². The molecule has 1 atom stereocenters. The maximum Gasteiger partial charge on any atom is 0.106 e. The fraction of sp³-hybridized carbons (Fsp3) is 0.308. The molecule has 0 aliphatic carbocycles. The van der Waals surface area contributed by atoms with Crippen molar-refractivity contribution in [3.05, 3.63) is 53.6 Å². The van der Waals surface area contributed by atoms with Crippen LogP contribution in [-0.2, 0) is 0 Å². The van der Waals surface area contributed by atoms with Crippen LogP contribution in [0.25, 0.3) is 0 Å². The summed E-state index contributed by atoms with van der Waals surface area (Å²) in [7, 11) is 0. The van der Waals surface area contributed by atoms with Gasteiger partial charge in [0.05, 0.1) is 6.04 Å². The molecule has 15 heavy (non-hydrogen) atoms. The van der Waals surface area contributed by atoms with Gasteiger partial charge in [-0.05, 0) is 26.3 Å². The lowest BCUT2D eigenvalue weighted by Crippen LogP contribution is -2.07. The van der Waals surface area contributed by atoms with Crippen molar-refractivity contribution in [3.63, 3.8) is 0 Å². The zero-order valence-electron chi connectivity index (χ0n) is 9.44. The van der Waals surface area contributed by atoms with Crippen LogP contribution in [0.1, 0.15) is 29.9 Å². The Morgan fingerprint density at radius 1 is 1.13 bits per heavy atom. The highest BCUT2D eigenvalue weighted by molar-refractivity contribution is 5.24. The number of benzene rings is 1. The van der Waals surface area contributed by atoms with Crippen molar-refractivity contribution < 1.29 is 0 Å². The summed E-state index contributed by atoms with van der Waals surface area (Å²) >= 11 is 0. The van der Waals surface area contributed by atoms with E-state index in [4.69, 9.17) is 0 Å². The monoisotopic (exact) mass is 200 g/mol. The normalized spacial score (nSPS) is 12.7. The van der Waals surface area contributed by atoms with Crippen LogP contribution in [0.2, 0.25) is 0 Å². The summed E-state index contributed by atoms with van der Waals surface area (Å²) in [5, 5.41) is 0. The lowest BCUT2D eigenvalue weighted by Gasteiger charge is -2.15. The lowest BCUT2D eigenvalue weighted by molar-refractivity contribution is 0.619. The quantitative estimate of drug-likeness (QED) is 0.728. The second-order valence-corrected chi connectivity index (χ2v) is 3.97. The predicted molar refractivity (Wildman–Crippen MR) is 62.0 cm³/mol. The van der Waals surface area contributed by atoms with Crippen LogP contribution in [0.4, 0.5) is 0 Å². The van der Waals surface area contributed by atoms with Gasteiger partial charge in [0, 0.05) is 12.4 Å². The topological polar surface area (TPSA) is 17.8 Å². The molecule has 0 bridgehead atoms. The Morgan fingerprint density at radius 3 is 2.33 bits per heavy atom. The molecule has 0 N–H and O–H groups in total. The Bertz CT molecular complexity index is 440. The maximum absolute atomic E-state index is 4.24. The van der Waals surface area contributed by atoms with Gasteiger partial charge >= 0.3 is 0 Å². The summed E-state index contributed by atoms with van der Waals surface area (Å²) in [6.45, 7) is 6.33. The molecular weight excluding hydrogens is 184 g/mol. The molecule has 1 aromatic heterocycles. The van der Waals surface area contributed by atoms with E-state index in [1.807, 2.05) is 19.3 Å². The van der Waals surface area contributed by atoms with E-state index >= 15 is 0 Å². The largest absolute Gasteiger partial charge is 0.328 e. The molecule has 2 aromatic rings. The fourth-order valence-electron chi connectivity index (χ4n) is 1.80. The van der Waals surface area contributed by atoms with Crippen molar-refractivity contribution in [2.45, 2.75) is 26.8 Å². The van der Waals surface area contributed by atoms with Gasteiger partial charge in [-0.15, -0.1) is 0 Å². The van der Waals surface area contributed by atoms with E-state index < -0.39 is 0 Å². The van der Waals surface area contributed by atoms with Crippen LogP contribution in [0.5, 0.6) is 0 Å². The molecule has 0 fully saturated rings. The Hall–Kier alpha value is -1.57. The van der Waals surface area contributed by atoms with E-state index in [1.54, 1.807) is 0 Å². The minimum Gasteiger partial charge on any atom is -0.328 e. The highest BCUT2D eigenvalue weighted by atomic mass is 15.1. The summed E-state index contributed by atoms with van der Waals surface area (Å²) in [6, 6.07) is 9.02. The van der Waals surface area contributed by atoms with Gasteiger partial charge < -0.3 is 4.57 Å². The Labute approximate surface area is 90.6 Å². The first-order valence-electron chi connectivity index (χ1n) is 5.24. The van der Waals surface area contributed by atoms with E-state index in [9.17, 15) is 0 Å². The third kappa shape index (κ3) is 1.94. The second-order valence-electron chi connectivity index (χ2n) is 3.97. The van der Waals surface area contributed by atoms with Crippen molar-refractivity contribution in [2.24, 2.45) is 0 Å². The van der Waals surface area contributed by atoms with E-state index in [0.717, 1.165) is 5.82 Å². The van der Waals surface area contributed by atoms with E-state index in [-0.39, 0.29) is 0 Å². The minimum atomic E-state index is 0.355. The molecule has 78 valence electrons. The average Bonchev–Trinajstić information content (AvgIpc) is 2.65. The summed E-state index contributed by atoms with van der Waals surface area (Å²) in [5.74, 6) is 1.06. The van der Waals surface area contributed by atoms with Crippen molar-refractivity contribution in [3.8, 4) is 0 Å². The van der Waals surface area contributed by atoms with Gasteiger partial charge in [-0.3, -0.25) is 0 Å². The molecule has 2 nitrogen and oxygen atoms in total. The first-order chi connectivity index (χ1) is 7.18. The fourth-order valence-corrected chi connectivity index (χ4v) is 1.80.